The summed E-state index contributed by atoms with van der Waals surface area (Å²) in [6, 6.07) is 7.77. The SMILES string of the molecule is CC1CN(C(C)CNC(=O)c2ccccc2Br)CC(C)O1. The molecule has 0 saturated carbocycles. The van der Waals surface area contributed by atoms with Gasteiger partial charge in [-0.15, -0.1) is 0 Å². The van der Waals surface area contributed by atoms with Crippen molar-refractivity contribution in [3.05, 3.63) is 34.3 Å². The number of halogens is 1. The van der Waals surface area contributed by atoms with Gasteiger partial charge in [-0.1, -0.05) is 12.1 Å². The maximum Gasteiger partial charge on any atom is 0.252 e. The number of hydrogen-bond donors (Lipinski definition) is 1. The van der Waals surface area contributed by atoms with Crippen LogP contribution in [0.2, 0.25) is 0 Å². The summed E-state index contributed by atoms with van der Waals surface area (Å²) < 4.78 is 6.56. The van der Waals surface area contributed by atoms with Crippen molar-refractivity contribution in [2.45, 2.75) is 39.0 Å². The van der Waals surface area contributed by atoms with Crippen LogP contribution in [0.25, 0.3) is 0 Å². The lowest BCUT2D eigenvalue weighted by Gasteiger charge is -2.39. The maximum absolute atomic E-state index is 12.2. The van der Waals surface area contributed by atoms with Crippen molar-refractivity contribution in [1.29, 1.82) is 0 Å². The van der Waals surface area contributed by atoms with Gasteiger partial charge in [0.1, 0.15) is 0 Å². The number of carbonyl (C=O) groups excluding carboxylic acids is 1. The highest BCUT2D eigenvalue weighted by Gasteiger charge is 2.25. The number of morpholine rings is 1. The average molecular weight is 355 g/mol. The first-order valence-electron chi connectivity index (χ1n) is 7.39. The van der Waals surface area contributed by atoms with E-state index < -0.39 is 0 Å². The van der Waals surface area contributed by atoms with Crippen LogP contribution in [0, 0.1) is 0 Å². The normalized spacial score (nSPS) is 24.6. The first-order valence-corrected chi connectivity index (χ1v) is 8.19. The number of rotatable bonds is 4. The lowest BCUT2D eigenvalue weighted by molar-refractivity contribution is -0.0778. The third kappa shape index (κ3) is 4.53. The number of hydrogen-bond acceptors (Lipinski definition) is 3. The molecule has 1 aromatic rings. The lowest BCUT2D eigenvalue weighted by atomic mass is 10.1. The predicted molar refractivity (Wildman–Crippen MR) is 87.5 cm³/mol. The number of ether oxygens (including phenoxy) is 1. The van der Waals surface area contributed by atoms with Crippen molar-refractivity contribution in [2.75, 3.05) is 19.6 Å². The molecule has 1 aromatic carbocycles. The third-order valence-corrected chi connectivity index (χ3v) is 4.44. The topological polar surface area (TPSA) is 41.6 Å². The van der Waals surface area contributed by atoms with Crippen LogP contribution < -0.4 is 5.32 Å². The van der Waals surface area contributed by atoms with Crippen molar-refractivity contribution < 1.29 is 9.53 Å². The van der Waals surface area contributed by atoms with E-state index in [9.17, 15) is 4.79 Å². The van der Waals surface area contributed by atoms with Crippen LogP contribution in [0.1, 0.15) is 31.1 Å². The molecule has 0 aliphatic carbocycles. The fourth-order valence-electron chi connectivity index (χ4n) is 2.69. The molecular formula is C16H23BrN2O2. The minimum atomic E-state index is -0.0383. The molecule has 116 valence electrons. The zero-order valence-electron chi connectivity index (χ0n) is 12.8. The highest BCUT2D eigenvalue weighted by atomic mass is 79.9. The Morgan fingerprint density at radius 1 is 1.38 bits per heavy atom. The number of amides is 1. The van der Waals surface area contributed by atoms with Crippen LogP contribution in [0.3, 0.4) is 0 Å². The molecule has 1 saturated heterocycles. The molecule has 1 N–H and O–H groups in total. The minimum absolute atomic E-state index is 0.0383. The Morgan fingerprint density at radius 2 is 2.00 bits per heavy atom. The Morgan fingerprint density at radius 3 is 2.62 bits per heavy atom. The zero-order valence-corrected chi connectivity index (χ0v) is 14.4. The molecule has 1 fully saturated rings. The molecule has 1 heterocycles. The molecule has 0 aromatic heterocycles. The van der Waals surface area contributed by atoms with Crippen LogP contribution in [0.5, 0.6) is 0 Å². The Hall–Kier alpha value is -0.910. The Balaban J connectivity index is 1.87. The average Bonchev–Trinajstić information content (AvgIpc) is 2.43. The highest BCUT2D eigenvalue weighted by Crippen LogP contribution is 2.16. The monoisotopic (exact) mass is 354 g/mol. The standard InChI is InChI=1S/C16H23BrN2O2/c1-11(19-9-12(2)21-13(3)10-19)8-18-16(20)14-6-4-5-7-15(14)17/h4-7,11-13H,8-10H2,1-3H3,(H,18,20). The van der Waals surface area contributed by atoms with Crippen LogP contribution in [0.15, 0.2) is 28.7 Å². The van der Waals surface area contributed by atoms with Crippen LogP contribution >= 0.6 is 15.9 Å². The van der Waals surface area contributed by atoms with E-state index in [4.69, 9.17) is 4.74 Å². The van der Waals surface area contributed by atoms with E-state index in [2.05, 4.69) is 46.9 Å². The van der Waals surface area contributed by atoms with E-state index in [1.165, 1.54) is 0 Å². The zero-order chi connectivity index (χ0) is 15.4. The Labute approximate surface area is 135 Å². The molecule has 2 rings (SSSR count). The smallest absolute Gasteiger partial charge is 0.252 e. The molecular weight excluding hydrogens is 332 g/mol. The molecule has 1 aliphatic rings. The molecule has 5 heteroatoms. The summed E-state index contributed by atoms with van der Waals surface area (Å²) in [4.78, 5) is 14.6. The quantitative estimate of drug-likeness (QED) is 0.903. The fraction of sp³-hybridized carbons (Fsp3) is 0.562. The molecule has 21 heavy (non-hydrogen) atoms. The second kappa shape index (κ2) is 7.38. The van der Waals surface area contributed by atoms with Gasteiger partial charge in [0, 0.05) is 30.1 Å². The molecule has 0 radical (unpaired) electrons. The van der Waals surface area contributed by atoms with Crippen molar-refractivity contribution in [3.63, 3.8) is 0 Å². The van der Waals surface area contributed by atoms with E-state index in [0.717, 1.165) is 17.6 Å². The molecule has 1 amide bonds. The molecule has 4 nitrogen and oxygen atoms in total. The molecule has 0 spiro atoms. The van der Waals surface area contributed by atoms with Crippen molar-refractivity contribution >= 4 is 21.8 Å². The summed E-state index contributed by atoms with van der Waals surface area (Å²) >= 11 is 3.41. The van der Waals surface area contributed by atoms with Crippen LogP contribution in [-0.2, 0) is 4.74 Å². The number of nitrogens with one attached hydrogen (secondary N) is 1. The first kappa shape index (κ1) is 16.5. The summed E-state index contributed by atoms with van der Waals surface area (Å²) in [7, 11) is 0. The largest absolute Gasteiger partial charge is 0.373 e. The Kier molecular flexibility index (Phi) is 5.79. The van der Waals surface area contributed by atoms with Gasteiger partial charge in [0.25, 0.3) is 5.91 Å². The fourth-order valence-corrected chi connectivity index (χ4v) is 3.15. The second-order valence-corrected chi connectivity index (χ2v) is 6.60. The maximum atomic E-state index is 12.2. The van der Waals surface area contributed by atoms with E-state index in [0.29, 0.717) is 18.2 Å². The summed E-state index contributed by atoms with van der Waals surface area (Å²) in [6.45, 7) is 8.79. The summed E-state index contributed by atoms with van der Waals surface area (Å²) in [5.41, 5.74) is 0.674. The number of carbonyl (C=O) groups is 1. The van der Waals surface area contributed by atoms with Crippen LogP contribution in [0.4, 0.5) is 0 Å². The summed E-state index contributed by atoms with van der Waals surface area (Å²) in [5.74, 6) is -0.0383. The summed E-state index contributed by atoms with van der Waals surface area (Å²) in [5, 5.41) is 3.02. The van der Waals surface area contributed by atoms with Gasteiger partial charge in [0.15, 0.2) is 0 Å². The van der Waals surface area contributed by atoms with Gasteiger partial charge in [0.05, 0.1) is 17.8 Å². The molecule has 1 aliphatic heterocycles. The third-order valence-electron chi connectivity index (χ3n) is 3.75. The number of nitrogens with zero attached hydrogens (tertiary/aromatic N) is 1. The highest BCUT2D eigenvalue weighted by molar-refractivity contribution is 9.10. The Bertz CT molecular complexity index is 485. The van der Waals surface area contributed by atoms with Gasteiger partial charge in [-0.25, -0.2) is 0 Å². The minimum Gasteiger partial charge on any atom is -0.373 e. The van der Waals surface area contributed by atoms with Gasteiger partial charge in [0.2, 0.25) is 0 Å². The molecule has 3 unspecified atom stereocenters. The number of benzene rings is 1. The van der Waals surface area contributed by atoms with Crippen molar-refractivity contribution in [1.82, 2.24) is 10.2 Å². The van der Waals surface area contributed by atoms with Crippen molar-refractivity contribution in [3.8, 4) is 0 Å². The van der Waals surface area contributed by atoms with Crippen LogP contribution in [-0.4, -0.2) is 48.7 Å². The summed E-state index contributed by atoms with van der Waals surface area (Å²) in [6.07, 6.45) is 0.491. The van der Waals surface area contributed by atoms with Gasteiger partial charge in [-0.05, 0) is 48.8 Å². The van der Waals surface area contributed by atoms with E-state index in [1.807, 2.05) is 24.3 Å². The van der Waals surface area contributed by atoms with E-state index >= 15 is 0 Å². The first-order chi connectivity index (χ1) is 9.97. The van der Waals surface area contributed by atoms with E-state index in [-0.39, 0.29) is 18.1 Å². The van der Waals surface area contributed by atoms with Gasteiger partial charge in [-0.3, -0.25) is 9.69 Å². The van der Waals surface area contributed by atoms with E-state index in [1.54, 1.807) is 0 Å². The van der Waals surface area contributed by atoms with Gasteiger partial charge < -0.3 is 10.1 Å². The molecule has 3 atom stereocenters. The lowest BCUT2D eigenvalue weighted by Crippen LogP contribution is -2.52. The van der Waals surface area contributed by atoms with Gasteiger partial charge >= 0.3 is 0 Å². The second-order valence-electron chi connectivity index (χ2n) is 5.75. The van der Waals surface area contributed by atoms with Gasteiger partial charge in [-0.2, -0.15) is 0 Å². The predicted octanol–water partition coefficient (Wildman–Crippen LogP) is 2.68. The molecule has 0 bridgehead atoms. The van der Waals surface area contributed by atoms with Crippen molar-refractivity contribution in [2.24, 2.45) is 0 Å².